The van der Waals surface area contributed by atoms with Crippen molar-refractivity contribution in [2.45, 2.75) is 38.6 Å². The minimum Gasteiger partial charge on any atom is -0.381 e. The number of rotatable bonds is 4. The molecule has 0 aromatic heterocycles. The fraction of sp³-hybridized carbons (Fsp3) is 0.909. The molecule has 0 aliphatic carbocycles. The molecule has 16 heavy (non-hydrogen) atoms. The van der Waals surface area contributed by atoms with E-state index in [1.165, 1.54) is 0 Å². The van der Waals surface area contributed by atoms with Gasteiger partial charge in [0.15, 0.2) is 0 Å². The van der Waals surface area contributed by atoms with Crippen LogP contribution in [0, 0.1) is 0 Å². The van der Waals surface area contributed by atoms with Gasteiger partial charge in [0.1, 0.15) is 0 Å². The third kappa shape index (κ3) is 3.98. The van der Waals surface area contributed by atoms with Crippen molar-refractivity contribution in [3.05, 3.63) is 0 Å². The SMILES string of the molecule is CCCCN=C(NN)N(C)C1CCOCC1. The molecule has 1 rings (SSSR count). The summed E-state index contributed by atoms with van der Waals surface area (Å²) in [6.07, 6.45) is 4.35. The maximum Gasteiger partial charge on any atom is 0.208 e. The maximum absolute atomic E-state index is 5.51. The van der Waals surface area contributed by atoms with Crippen LogP contribution in [0.25, 0.3) is 0 Å². The summed E-state index contributed by atoms with van der Waals surface area (Å²) in [4.78, 5) is 6.61. The Kier molecular flexibility index (Phi) is 6.18. The number of hydrogen-bond donors (Lipinski definition) is 2. The number of hydrogen-bond acceptors (Lipinski definition) is 3. The highest BCUT2D eigenvalue weighted by atomic mass is 16.5. The predicted molar refractivity (Wildman–Crippen MR) is 66.1 cm³/mol. The topological polar surface area (TPSA) is 62.9 Å². The highest BCUT2D eigenvalue weighted by molar-refractivity contribution is 5.79. The van der Waals surface area contributed by atoms with E-state index in [2.05, 4.69) is 22.2 Å². The lowest BCUT2D eigenvalue weighted by atomic mass is 10.1. The first-order chi connectivity index (χ1) is 7.79. The van der Waals surface area contributed by atoms with E-state index in [1.54, 1.807) is 0 Å². The van der Waals surface area contributed by atoms with Crippen molar-refractivity contribution in [2.75, 3.05) is 26.8 Å². The highest BCUT2D eigenvalue weighted by Gasteiger charge is 2.20. The molecule has 3 N–H and O–H groups in total. The molecule has 0 unspecified atom stereocenters. The first kappa shape index (κ1) is 13.3. The van der Waals surface area contributed by atoms with Crippen molar-refractivity contribution in [3.63, 3.8) is 0 Å². The lowest BCUT2D eigenvalue weighted by Crippen LogP contribution is -2.49. The van der Waals surface area contributed by atoms with Crippen LogP contribution in [-0.2, 0) is 4.74 Å². The Morgan fingerprint density at radius 2 is 2.19 bits per heavy atom. The van der Waals surface area contributed by atoms with Gasteiger partial charge in [0.05, 0.1) is 0 Å². The van der Waals surface area contributed by atoms with Crippen LogP contribution in [0.3, 0.4) is 0 Å². The van der Waals surface area contributed by atoms with Crippen molar-refractivity contribution >= 4 is 5.96 Å². The Morgan fingerprint density at radius 1 is 1.50 bits per heavy atom. The average molecular weight is 228 g/mol. The summed E-state index contributed by atoms with van der Waals surface area (Å²) in [6.45, 7) is 4.67. The van der Waals surface area contributed by atoms with Gasteiger partial charge in [-0.2, -0.15) is 0 Å². The van der Waals surface area contributed by atoms with Crippen molar-refractivity contribution in [3.8, 4) is 0 Å². The predicted octanol–water partition coefficient (Wildman–Crippen LogP) is 0.717. The van der Waals surface area contributed by atoms with Crippen molar-refractivity contribution < 1.29 is 4.74 Å². The minimum atomic E-state index is 0.491. The van der Waals surface area contributed by atoms with E-state index in [-0.39, 0.29) is 0 Å². The Balaban J connectivity index is 2.46. The summed E-state index contributed by atoms with van der Waals surface area (Å²) in [5.41, 5.74) is 2.69. The maximum atomic E-state index is 5.51. The van der Waals surface area contributed by atoms with Crippen LogP contribution in [0.1, 0.15) is 32.6 Å². The molecular weight excluding hydrogens is 204 g/mol. The molecule has 5 heteroatoms. The van der Waals surface area contributed by atoms with E-state index in [0.29, 0.717) is 6.04 Å². The molecule has 0 spiro atoms. The van der Waals surface area contributed by atoms with Gasteiger partial charge in [-0.05, 0) is 19.3 Å². The normalized spacial score (nSPS) is 18.6. The molecule has 5 nitrogen and oxygen atoms in total. The van der Waals surface area contributed by atoms with E-state index in [0.717, 1.165) is 51.4 Å². The molecule has 0 aromatic rings. The summed E-state index contributed by atoms with van der Waals surface area (Å²) in [5.74, 6) is 6.30. The molecule has 1 aliphatic rings. The van der Waals surface area contributed by atoms with E-state index in [9.17, 15) is 0 Å². The van der Waals surface area contributed by atoms with Gasteiger partial charge in [-0.3, -0.25) is 10.4 Å². The second kappa shape index (κ2) is 7.46. The highest BCUT2D eigenvalue weighted by Crippen LogP contribution is 2.12. The summed E-state index contributed by atoms with van der Waals surface area (Å²) in [7, 11) is 2.04. The van der Waals surface area contributed by atoms with E-state index in [4.69, 9.17) is 10.6 Å². The molecule has 0 radical (unpaired) electrons. The van der Waals surface area contributed by atoms with Crippen LogP contribution in [-0.4, -0.2) is 43.7 Å². The third-order valence-corrected chi connectivity index (χ3v) is 2.97. The van der Waals surface area contributed by atoms with Crippen LogP contribution < -0.4 is 11.3 Å². The zero-order chi connectivity index (χ0) is 11.8. The second-order valence-corrected chi connectivity index (χ2v) is 4.16. The van der Waals surface area contributed by atoms with E-state index < -0.39 is 0 Å². The number of nitrogens with one attached hydrogen (secondary N) is 1. The first-order valence-corrected chi connectivity index (χ1v) is 6.11. The van der Waals surface area contributed by atoms with Gasteiger partial charge in [-0.25, -0.2) is 5.84 Å². The number of nitrogens with zero attached hydrogens (tertiary/aromatic N) is 2. The largest absolute Gasteiger partial charge is 0.381 e. The molecular formula is C11H24N4O. The lowest BCUT2D eigenvalue weighted by molar-refractivity contribution is 0.0597. The number of guanidine groups is 1. The number of nitrogens with two attached hydrogens (primary N) is 1. The fourth-order valence-corrected chi connectivity index (χ4v) is 1.85. The quantitative estimate of drug-likeness (QED) is 0.245. The van der Waals surface area contributed by atoms with E-state index in [1.807, 2.05) is 7.05 Å². The molecule has 0 bridgehead atoms. The zero-order valence-corrected chi connectivity index (χ0v) is 10.4. The molecule has 1 saturated heterocycles. The van der Waals surface area contributed by atoms with Gasteiger partial charge < -0.3 is 9.64 Å². The summed E-state index contributed by atoms with van der Waals surface area (Å²) in [6, 6.07) is 0.491. The fourth-order valence-electron chi connectivity index (χ4n) is 1.85. The van der Waals surface area contributed by atoms with Crippen LogP contribution in [0.15, 0.2) is 4.99 Å². The number of hydrazine groups is 1. The average Bonchev–Trinajstić information content (AvgIpc) is 2.35. The number of unbranched alkanes of at least 4 members (excludes halogenated alkanes) is 1. The Hall–Kier alpha value is -0.810. The van der Waals surface area contributed by atoms with Crippen LogP contribution in [0.5, 0.6) is 0 Å². The molecule has 0 saturated carbocycles. The molecule has 1 fully saturated rings. The molecule has 0 atom stereocenters. The molecule has 0 aromatic carbocycles. The van der Waals surface area contributed by atoms with Gasteiger partial charge in [-0.1, -0.05) is 13.3 Å². The van der Waals surface area contributed by atoms with Crippen LogP contribution in [0.4, 0.5) is 0 Å². The Morgan fingerprint density at radius 3 is 2.75 bits per heavy atom. The van der Waals surface area contributed by atoms with Gasteiger partial charge in [0.25, 0.3) is 0 Å². The van der Waals surface area contributed by atoms with Crippen molar-refractivity contribution in [1.29, 1.82) is 0 Å². The number of aliphatic imine (C=N–C) groups is 1. The standard InChI is InChI=1S/C11H24N4O/c1-3-4-7-13-11(14-12)15(2)10-5-8-16-9-6-10/h10H,3-9,12H2,1-2H3,(H,13,14). The smallest absolute Gasteiger partial charge is 0.208 e. The molecule has 1 heterocycles. The Labute approximate surface area is 98.0 Å². The zero-order valence-electron chi connectivity index (χ0n) is 10.4. The van der Waals surface area contributed by atoms with Crippen LogP contribution >= 0.6 is 0 Å². The lowest BCUT2D eigenvalue weighted by Gasteiger charge is -2.33. The minimum absolute atomic E-state index is 0.491. The molecule has 94 valence electrons. The second-order valence-electron chi connectivity index (χ2n) is 4.16. The van der Waals surface area contributed by atoms with Gasteiger partial charge >= 0.3 is 0 Å². The monoisotopic (exact) mass is 228 g/mol. The first-order valence-electron chi connectivity index (χ1n) is 6.11. The summed E-state index contributed by atoms with van der Waals surface area (Å²) < 4.78 is 5.34. The summed E-state index contributed by atoms with van der Waals surface area (Å²) in [5, 5.41) is 0. The van der Waals surface area contributed by atoms with Gasteiger partial charge in [-0.15, -0.1) is 0 Å². The molecule has 1 aliphatic heterocycles. The third-order valence-electron chi connectivity index (χ3n) is 2.97. The van der Waals surface area contributed by atoms with Gasteiger partial charge in [0, 0.05) is 32.8 Å². The van der Waals surface area contributed by atoms with E-state index >= 15 is 0 Å². The van der Waals surface area contributed by atoms with Crippen LogP contribution in [0.2, 0.25) is 0 Å². The number of ether oxygens (including phenoxy) is 1. The van der Waals surface area contributed by atoms with Crippen molar-refractivity contribution in [2.24, 2.45) is 10.8 Å². The van der Waals surface area contributed by atoms with Crippen molar-refractivity contribution in [1.82, 2.24) is 10.3 Å². The summed E-state index contributed by atoms with van der Waals surface area (Å²) >= 11 is 0. The van der Waals surface area contributed by atoms with Gasteiger partial charge in [0.2, 0.25) is 5.96 Å². The molecule has 0 amide bonds. The Bertz CT molecular complexity index is 214.